The van der Waals surface area contributed by atoms with Crippen molar-refractivity contribution in [3.63, 3.8) is 0 Å². The van der Waals surface area contributed by atoms with Crippen LogP contribution >= 0.6 is 0 Å². The summed E-state index contributed by atoms with van der Waals surface area (Å²) in [6.07, 6.45) is 1.07. The van der Waals surface area contributed by atoms with Crippen molar-refractivity contribution >= 4 is 5.91 Å². The molecule has 0 aliphatic carbocycles. The fourth-order valence-electron chi connectivity index (χ4n) is 2.10. The molecule has 0 bridgehead atoms. The van der Waals surface area contributed by atoms with Gasteiger partial charge in [0, 0.05) is 13.5 Å². The lowest BCUT2D eigenvalue weighted by molar-refractivity contribution is -0.136. The van der Waals surface area contributed by atoms with Gasteiger partial charge in [0.05, 0.1) is 13.2 Å². The van der Waals surface area contributed by atoms with Gasteiger partial charge in [-0.2, -0.15) is 0 Å². The Balaban J connectivity index is 2.08. The summed E-state index contributed by atoms with van der Waals surface area (Å²) in [7, 11) is 0. The highest BCUT2D eigenvalue weighted by Gasteiger charge is 2.23. The highest BCUT2D eigenvalue weighted by molar-refractivity contribution is 5.73. The van der Waals surface area contributed by atoms with Crippen LogP contribution in [-0.2, 0) is 16.0 Å². The van der Waals surface area contributed by atoms with Crippen LogP contribution in [0.2, 0.25) is 0 Å². The van der Waals surface area contributed by atoms with Gasteiger partial charge in [-0.25, -0.2) is 0 Å². The van der Waals surface area contributed by atoms with Gasteiger partial charge in [-0.1, -0.05) is 31.2 Å². The van der Waals surface area contributed by atoms with Crippen molar-refractivity contribution in [2.45, 2.75) is 26.4 Å². The summed E-state index contributed by atoms with van der Waals surface area (Å²) in [4.78, 5) is 13.2. The van der Waals surface area contributed by atoms with Gasteiger partial charge in [0.2, 0.25) is 5.91 Å². The average molecular weight is 233 g/mol. The number of benzene rings is 1. The van der Waals surface area contributed by atoms with E-state index in [-0.39, 0.29) is 12.0 Å². The van der Waals surface area contributed by atoms with Crippen LogP contribution in [0.3, 0.4) is 0 Å². The summed E-state index contributed by atoms with van der Waals surface area (Å²) >= 11 is 0. The molecular formula is C14H19NO2. The summed E-state index contributed by atoms with van der Waals surface area (Å²) in [5.74, 6) is 0.128. The van der Waals surface area contributed by atoms with Crippen molar-refractivity contribution in [3.8, 4) is 0 Å². The maximum Gasteiger partial charge on any atom is 0.219 e. The Labute approximate surface area is 102 Å². The lowest BCUT2D eigenvalue weighted by Crippen LogP contribution is -2.41. The minimum Gasteiger partial charge on any atom is -0.370 e. The molecule has 17 heavy (non-hydrogen) atoms. The van der Waals surface area contributed by atoms with E-state index in [1.54, 1.807) is 6.92 Å². The molecular weight excluding hydrogens is 214 g/mol. The molecule has 3 nitrogen and oxygen atoms in total. The number of hydrogen-bond donors (Lipinski definition) is 0. The molecule has 1 aromatic rings. The Kier molecular flexibility index (Phi) is 3.79. The number of carbonyl (C=O) groups excluding carboxylic acids is 1. The summed E-state index contributed by atoms with van der Waals surface area (Å²) in [5.41, 5.74) is 2.49. The fraction of sp³-hybridized carbons (Fsp3) is 0.500. The molecule has 0 aromatic heterocycles. The second-order valence-corrected chi connectivity index (χ2v) is 4.42. The quantitative estimate of drug-likeness (QED) is 0.783. The van der Waals surface area contributed by atoms with Crippen LogP contribution < -0.4 is 0 Å². The molecule has 1 heterocycles. The van der Waals surface area contributed by atoms with E-state index in [0.29, 0.717) is 19.7 Å². The normalized spacial score (nSPS) is 20.4. The van der Waals surface area contributed by atoms with Gasteiger partial charge in [-0.05, 0) is 17.5 Å². The minimum atomic E-state index is 0.0264. The van der Waals surface area contributed by atoms with Crippen LogP contribution in [0.25, 0.3) is 0 Å². The van der Waals surface area contributed by atoms with Crippen LogP contribution in [0, 0.1) is 0 Å². The highest BCUT2D eigenvalue weighted by atomic mass is 16.5. The smallest absolute Gasteiger partial charge is 0.219 e. The maximum atomic E-state index is 11.3. The lowest BCUT2D eigenvalue weighted by atomic mass is 10.0. The summed E-state index contributed by atoms with van der Waals surface area (Å²) in [5, 5.41) is 0. The molecule has 0 spiro atoms. The van der Waals surface area contributed by atoms with Crippen molar-refractivity contribution in [2.75, 3.05) is 19.7 Å². The average Bonchev–Trinajstić information content (AvgIpc) is 2.39. The molecule has 2 rings (SSSR count). The van der Waals surface area contributed by atoms with Crippen LogP contribution in [-0.4, -0.2) is 30.5 Å². The molecule has 1 atom stereocenters. The van der Waals surface area contributed by atoms with Gasteiger partial charge in [0.1, 0.15) is 6.10 Å². The maximum absolute atomic E-state index is 11.3. The van der Waals surface area contributed by atoms with Gasteiger partial charge < -0.3 is 9.64 Å². The van der Waals surface area contributed by atoms with E-state index >= 15 is 0 Å². The van der Waals surface area contributed by atoms with E-state index in [2.05, 4.69) is 31.2 Å². The Hall–Kier alpha value is -1.35. The van der Waals surface area contributed by atoms with Crippen molar-refractivity contribution in [2.24, 2.45) is 0 Å². The first kappa shape index (κ1) is 12.1. The fourth-order valence-corrected chi connectivity index (χ4v) is 2.10. The Morgan fingerprint density at radius 2 is 2.12 bits per heavy atom. The van der Waals surface area contributed by atoms with E-state index in [4.69, 9.17) is 4.74 Å². The zero-order chi connectivity index (χ0) is 12.3. The third-order valence-electron chi connectivity index (χ3n) is 3.27. The van der Waals surface area contributed by atoms with Crippen LogP contribution in [0.5, 0.6) is 0 Å². The standard InChI is InChI=1S/C14H19NO2/c1-3-12-4-6-13(7-5-12)14-10-15(11(2)16)8-9-17-14/h4-7,14H,3,8-10H2,1-2H3/t14-/m1/s1. The largest absolute Gasteiger partial charge is 0.370 e. The highest BCUT2D eigenvalue weighted by Crippen LogP contribution is 2.22. The molecule has 3 heteroatoms. The first-order valence-electron chi connectivity index (χ1n) is 6.16. The number of amides is 1. The molecule has 1 aliphatic rings. The van der Waals surface area contributed by atoms with Crippen molar-refractivity contribution in [1.82, 2.24) is 4.90 Å². The van der Waals surface area contributed by atoms with Crippen molar-refractivity contribution in [1.29, 1.82) is 0 Å². The van der Waals surface area contributed by atoms with Gasteiger partial charge in [0.15, 0.2) is 0 Å². The van der Waals surface area contributed by atoms with E-state index in [0.717, 1.165) is 12.0 Å². The third-order valence-corrected chi connectivity index (χ3v) is 3.27. The van der Waals surface area contributed by atoms with Crippen molar-refractivity contribution < 1.29 is 9.53 Å². The first-order valence-corrected chi connectivity index (χ1v) is 6.16. The van der Waals surface area contributed by atoms with Crippen LogP contribution in [0.4, 0.5) is 0 Å². The van der Waals surface area contributed by atoms with E-state index in [1.807, 2.05) is 4.90 Å². The summed E-state index contributed by atoms with van der Waals surface area (Å²) in [6.45, 7) is 5.76. The van der Waals surface area contributed by atoms with Gasteiger partial charge in [-0.3, -0.25) is 4.79 Å². The molecule has 0 unspecified atom stereocenters. The van der Waals surface area contributed by atoms with Crippen LogP contribution in [0.15, 0.2) is 24.3 Å². The summed E-state index contributed by atoms with van der Waals surface area (Å²) < 4.78 is 5.72. The molecule has 0 saturated carbocycles. The van der Waals surface area contributed by atoms with Gasteiger partial charge in [0.25, 0.3) is 0 Å². The van der Waals surface area contributed by atoms with E-state index < -0.39 is 0 Å². The predicted octanol–water partition coefficient (Wildman–Crippen LogP) is 2.17. The van der Waals surface area contributed by atoms with Crippen molar-refractivity contribution in [3.05, 3.63) is 35.4 Å². The number of rotatable bonds is 2. The Morgan fingerprint density at radius 1 is 1.41 bits per heavy atom. The van der Waals surface area contributed by atoms with Crippen LogP contribution in [0.1, 0.15) is 31.1 Å². The second-order valence-electron chi connectivity index (χ2n) is 4.42. The molecule has 1 fully saturated rings. The number of hydrogen-bond acceptors (Lipinski definition) is 2. The Bertz CT molecular complexity index is 386. The lowest BCUT2D eigenvalue weighted by Gasteiger charge is -2.32. The second kappa shape index (κ2) is 5.32. The molecule has 1 amide bonds. The minimum absolute atomic E-state index is 0.0264. The number of ether oxygens (including phenoxy) is 1. The number of nitrogens with zero attached hydrogens (tertiary/aromatic N) is 1. The predicted molar refractivity (Wildman–Crippen MR) is 66.8 cm³/mol. The molecule has 1 aliphatic heterocycles. The van der Waals surface area contributed by atoms with Gasteiger partial charge in [-0.15, -0.1) is 0 Å². The monoisotopic (exact) mass is 233 g/mol. The topological polar surface area (TPSA) is 29.5 Å². The molecule has 0 N–H and O–H groups in total. The number of morpholine rings is 1. The first-order chi connectivity index (χ1) is 8.20. The van der Waals surface area contributed by atoms with Gasteiger partial charge >= 0.3 is 0 Å². The zero-order valence-corrected chi connectivity index (χ0v) is 10.5. The molecule has 1 aromatic carbocycles. The van der Waals surface area contributed by atoms with E-state index in [9.17, 15) is 4.79 Å². The Morgan fingerprint density at radius 3 is 2.71 bits per heavy atom. The molecule has 0 radical (unpaired) electrons. The third kappa shape index (κ3) is 2.86. The molecule has 1 saturated heterocycles. The number of carbonyl (C=O) groups is 1. The van der Waals surface area contributed by atoms with E-state index in [1.165, 1.54) is 5.56 Å². The summed E-state index contributed by atoms with van der Waals surface area (Å²) in [6, 6.07) is 8.47. The SMILES string of the molecule is CCc1ccc([C@H]2CN(C(C)=O)CCO2)cc1. The number of aryl methyl sites for hydroxylation is 1. The zero-order valence-electron chi connectivity index (χ0n) is 10.5. The molecule has 92 valence electrons.